The number of para-hydroxylation sites is 1. The zero-order valence-corrected chi connectivity index (χ0v) is 17.8. The minimum atomic E-state index is -0.410. The van der Waals surface area contributed by atoms with Crippen LogP contribution in [0.2, 0.25) is 5.02 Å². The maximum Gasteiger partial charge on any atom is 0.162 e. The normalized spacial score (nSPS) is 21.1. The SMILES string of the molecule is CCOc1ccccc1[C@@H]1C(C#N)=C(C)NC2=C1C(=O)C[C@H](c1ccc(Cl)cc1)C2. The van der Waals surface area contributed by atoms with Gasteiger partial charge in [0.1, 0.15) is 5.75 Å². The van der Waals surface area contributed by atoms with Crippen LogP contribution < -0.4 is 10.1 Å². The van der Waals surface area contributed by atoms with E-state index in [1.807, 2.05) is 62.4 Å². The van der Waals surface area contributed by atoms with Crippen molar-refractivity contribution < 1.29 is 9.53 Å². The van der Waals surface area contributed by atoms with E-state index in [1.54, 1.807) is 0 Å². The molecule has 1 N–H and O–H groups in total. The molecule has 2 aromatic carbocycles. The average molecular weight is 419 g/mol. The van der Waals surface area contributed by atoms with E-state index in [0.29, 0.717) is 41.4 Å². The molecule has 2 aliphatic rings. The maximum absolute atomic E-state index is 13.4. The topological polar surface area (TPSA) is 62.1 Å². The smallest absolute Gasteiger partial charge is 0.162 e. The molecule has 5 heteroatoms. The summed E-state index contributed by atoms with van der Waals surface area (Å²) in [5.41, 5.74) is 4.91. The number of allylic oxidation sites excluding steroid dienone is 4. The van der Waals surface area contributed by atoms with E-state index in [9.17, 15) is 10.1 Å². The van der Waals surface area contributed by atoms with E-state index in [1.165, 1.54) is 0 Å². The summed E-state index contributed by atoms with van der Waals surface area (Å²) in [5, 5.41) is 14.0. The zero-order chi connectivity index (χ0) is 21.3. The largest absolute Gasteiger partial charge is 0.494 e. The zero-order valence-electron chi connectivity index (χ0n) is 17.0. The molecule has 2 aromatic rings. The van der Waals surface area contributed by atoms with E-state index in [2.05, 4.69) is 11.4 Å². The predicted octanol–water partition coefficient (Wildman–Crippen LogP) is 5.62. The first kappa shape index (κ1) is 20.3. The van der Waals surface area contributed by atoms with Crippen molar-refractivity contribution in [2.45, 2.75) is 38.5 Å². The minimum absolute atomic E-state index is 0.0697. The van der Waals surface area contributed by atoms with Crippen LogP contribution in [0.25, 0.3) is 0 Å². The van der Waals surface area contributed by atoms with Crippen LogP contribution in [-0.2, 0) is 4.79 Å². The average Bonchev–Trinajstić information content (AvgIpc) is 2.74. The van der Waals surface area contributed by atoms with Gasteiger partial charge >= 0.3 is 0 Å². The first-order valence-corrected chi connectivity index (χ1v) is 10.5. The molecule has 0 saturated heterocycles. The van der Waals surface area contributed by atoms with Crippen LogP contribution in [0.15, 0.2) is 71.1 Å². The lowest BCUT2D eigenvalue weighted by atomic mass is 9.72. The molecule has 0 bridgehead atoms. The van der Waals surface area contributed by atoms with Gasteiger partial charge in [-0.05, 0) is 49.9 Å². The van der Waals surface area contributed by atoms with Gasteiger partial charge in [0.05, 0.1) is 24.2 Å². The Labute approximate surface area is 181 Å². The first-order valence-electron chi connectivity index (χ1n) is 10.1. The van der Waals surface area contributed by atoms with Crippen molar-refractivity contribution in [1.82, 2.24) is 5.32 Å². The van der Waals surface area contributed by atoms with Gasteiger partial charge in [-0.1, -0.05) is 41.9 Å². The molecule has 0 radical (unpaired) electrons. The van der Waals surface area contributed by atoms with Crippen LogP contribution in [-0.4, -0.2) is 12.4 Å². The number of ether oxygens (including phenoxy) is 1. The second-order valence-electron chi connectivity index (χ2n) is 7.65. The summed E-state index contributed by atoms with van der Waals surface area (Å²) in [6.07, 6.45) is 1.12. The Morgan fingerprint density at radius 2 is 1.90 bits per heavy atom. The Hall–Kier alpha value is -3.03. The molecule has 1 aliphatic carbocycles. The van der Waals surface area contributed by atoms with E-state index in [4.69, 9.17) is 16.3 Å². The quantitative estimate of drug-likeness (QED) is 0.699. The number of nitrogens with zero attached hydrogens (tertiary/aromatic N) is 1. The van der Waals surface area contributed by atoms with E-state index in [-0.39, 0.29) is 11.7 Å². The summed E-state index contributed by atoms with van der Waals surface area (Å²) >= 11 is 6.03. The third-order valence-corrected chi connectivity index (χ3v) is 6.07. The standard InChI is InChI=1S/C25H23ClN2O2/c1-3-30-23-7-5-4-6-19(23)24-20(14-27)15(2)28-21-12-17(13-22(29)25(21)24)16-8-10-18(26)11-9-16/h4-11,17,24,28H,3,12-13H2,1-2H3/t17-,24-/m1/s1. The van der Waals surface area contributed by atoms with Crippen molar-refractivity contribution in [2.75, 3.05) is 6.61 Å². The molecule has 0 fully saturated rings. The molecule has 152 valence electrons. The first-order chi connectivity index (χ1) is 14.5. The summed E-state index contributed by atoms with van der Waals surface area (Å²) in [7, 11) is 0. The summed E-state index contributed by atoms with van der Waals surface area (Å²) in [6.45, 7) is 4.35. The molecule has 4 nitrogen and oxygen atoms in total. The highest BCUT2D eigenvalue weighted by Crippen LogP contribution is 2.47. The second-order valence-corrected chi connectivity index (χ2v) is 8.09. The molecule has 2 atom stereocenters. The summed E-state index contributed by atoms with van der Waals surface area (Å²) < 4.78 is 5.84. The molecule has 4 rings (SSSR count). The fourth-order valence-electron chi connectivity index (χ4n) is 4.47. The lowest BCUT2D eigenvalue weighted by Gasteiger charge is -2.36. The van der Waals surface area contributed by atoms with Gasteiger partial charge in [0.2, 0.25) is 0 Å². The number of ketones is 1. The number of nitriles is 1. The predicted molar refractivity (Wildman–Crippen MR) is 117 cm³/mol. The Kier molecular flexibility index (Phi) is 5.65. The van der Waals surface area contributed by atoms with Crippen LogP contribution in [0.1, 0.15) is 49.7 Å². The molecular weight excluding hydrogens is 396 g/mol. The molecule has 0 aromatic heterocycles. The number of hydrogen-bond acceptors (Lipinski definition) is 4. The number of nitrogens with one attached hydrogen (secondary N) is 1. The molecule has 1 heterocycles. The summed E-state index contributed by atoms with van der Waals surface area (Å²) in [5.74, 6) is 0.458. The van der Waals surface area contributed by atoms with Crippen LogP contribution in [0, 0.1) is 11.3 Å². The van der Waals surface area contributed by atoms with Crippen molar-refractivity contribution in [2.24, 2.45) is 0 Å². The highest BCUT2D eigenvalue weighted by atomic mass is 35.5. The Bertz CT molecular complexity index is 1090. The summed E-state index contributed by atoms with van der Waals surface area (Å²) in [4.78, 5) is 13.4. The van der Waals surface area contributed by atoms with Gasteiger partial charge in [-0.2, -0.15) is 5.26 Å². The number of Topliss-reactive ketones (excluding diaryl/α,β-unsaturated/α-hetero) is 1. The number of dihydropyridines is 1. The number of benzene rings is 2. The molecule has 0 saturated carbocycles. The van der Waals surface area contributed by atoms with Gasteiger partial charge in [-0.25, -0.2) is 0 Å². The molecule has 0 amide bonds. The lowest BCUT2D eigenvalue weighted by molar-refractivity contribution is -0.116. The third kappa shape index (κ3) is 3.62. The van der Waals surface area contributed by atoms with Crippen LogP contribution in [0.5, 0.6) is 5.75 Å². The molecule has 0 unspecified atom stereocenters. The fraction of sp³-hybridized carbons (Fsp3) is 0.280. The number of halogens is 1. The summed E-state index contributed by atoms with van der Waals surface area (Å²) in [6, 6.07) is 17.7. The maximum atomic E-state index is 13.4. The van der Waals surface area contributed by atoms with Gasteiger partial charge < -0.3 is 10.1 Å². The van der Waals surface area contributed by atoms with Crippen molar-refractivity contribution in [3.05, 3.63) is 87.2 Å². The van der Waals surface area contributed by atoms with Crippen LogP contribution >= 0.6 is 11.6 Å². The van der Waals surface area contributed by atoms with E-state index < -0.39 is 5.92 Å². The Morgan fingerprint density at radius 1 is 1.17 bits per heavy atom. The van der Waals surface area contributed by atoms with Gasteiger partial charge in [-0.15, -0.1) is 0 Å². The number of carbonyl (C=O) groups excluding carboxylic acids is 1. The van der Waals surface area contributed by atoms with Gasteiger partial charge in [0, 0.05) is 34.0 Å². The number of carbonyl (C=O) groups is 1. The highest BCUT2D eigenvalue weighted by molar-refractivity contribution is 6.30. The lowest BCUT2D eigenvalue weighted by Crippen LogP contribution is -2.33. The van der Waals surface area contributed by atoms with Crippen LogP contribution in [0.3, 0.4) is 0 Å². The van der Waals surface area contributed by atoms with Crippen LogP contribution in [0.4, 0.5) is 0 Å². The van der Waals surface area contributed by atoms with Gasteiger partial charge in [-0.3, -0.25) is 4.79 Å². The molecule has 0 spiro atoms. The monoisotopic (exact) mass is 418 g/mol. The molecular formula is C25H23ClN2O2. The highest BCUT2D eigenvalue weighted by Gasteiger charge is 2.39. The molecule has 1 aliphatic heterocycles. The van der Waals surface area contributed by atoms with Crippen molar-refractivity contribution in [3.63, 3.8) is 0 Å². The van der Waals surface area contributed by atoms with E-state index >= 15 is 0 Å². The second kappa shape index (κ2) is 8.38. The number of hydrogen-bond donors (Lipinski definition) is 1. The van der Waals surface area contributed by atoms with Crippen molar-refractivity contribution >= 4 is 17.4 Å². The van der Waals surface area contributed by atoms with E-state index in [0.717, 1.165) is 22.5 Å². The minimum Gasteiger partial charge on any atom is -0.494 e. The number of rotatable bonds is 4. The fourth-order valence-corrected chi connectivity index (χ4v) is 4.60. The van der Waals surface area contributed by atoms with Crippen molar-refractivity contribution in [1.29, 1.82) is 5.26 Å². The van der Waals surface area contributed by atoms with Gasteiger partial charge in [0.15, 0.2) is 5.78 Å². The van der Waals surface area contributed by atoms with Gasteiger partial charge in [0.25, 0.3) is 0 Å². The van der Waals surface area contributed by atoms with Crippen molar-refractivity contribution in [3.8, 4) is 11.8 Å². The molecule has 30 heavy (non-hydrogen) atoms. The Balaban J connectivity index is 1.80. The Morgan fingerprint density at radius 3 is 2.60 bits per heavy atom. The third-order valence-electron chi connectivity index (χ3n) is 5.82.